The second-order valence-electron chi connectivity index (χ2n) is 4.82. The van der Waals surface area contributed by atoms with Crippen LogP contribution in [0.1, 0.15) is 12.8 Å². The lowest BCUT2D eigenvalue weighted by atomic mass is 10.1. The summed E-state index contributed by atoms with van der Waals surface area (Å²) in [5.74, 6) is 0.272. The molecule has 1 N–H and O–H groups in total. The molecule has 1 heterocycles. The zero-order chi connectivity index (χ0) is 12.5. The number of pyridine rings is 1. The van der Waals surface area contributed by atoms with Crippen LogP contribution in [0.2, 0.25) is 0 Å². The Morgan fingerprint density at radius 3 is 2.71 bits per heavy atom. The third-order valence-corrected chi connectivity index (χ3v) is 4.47. The van der Waals surface area contributed by atoms with Crippen LogP contribution in [-0.4, -0.2) is 32.0 Å². The highest BCUT2D eigenvalue weighted by Gasteiger charge is 2.44. The first-order valence-electron chi connectivity index (χ1n) is 5.41. The van der Waals surface area contributed by atoms with Crippen LogP contribution in [0.5, 0.6) is 0 Å². The summed E-state index contributed by atoms with van der Waals surface area (Å²) in [6.45, 7) is 0.693. The summed E-state index contributed by atoms with van der Waals surface area (Å²) in [4.78, 5) is 4.05. The van der Waals surface area contributed by atoms with Crippen LogP contribution in [-0.2, 0) is 9.84 Å². The molecule has 1 fully saturated rings. The van der Waals surface area contributed by atoms with Gasteiger partial charge in [-0.15, -0.1) is 0 Å². The summed E-state index contributed by atoms with van der Waals surface area (Å²) in [5.41, 5.74) is 0.856. The van der Waals surface area contributed by atoms with E-state index in [1.165, 1.54) is 6.26 Å². The molecule has 0 aliphatic heterocycles. The summed E-state index contributed by atoms with van der Waals surface area (Å²) in [6, 6.07) is 1.93. The monoisotopic (exact) mass is 318 g/mol. The van der Waals surface area contributed by atoms with E-state index in [0.717, 1.165) is 23.0 Å². The molecule has 0 aromatic carbocycles. The molecular weight excluding hydrogens is 304 g/mol. The molecule has 1 aromatic heterocycles. The highest BCUT2D eigenvalue weighted by atomic mass is 79.9. The average Bonchev–Trinajstić information content (AvgIpc) is 2.93. The van der Waals surface area contributed by atoms with Gasteiger partial charge in [-0.1, -0.05) is 0 Å². The van der Waals surface area contributed by atoms with Crippen molar-refractivity contribution in [2.75, 3.05) is 23.9 Å². The van der Waals surface area contributed by atoms with Crippen molar-refractivity contribution >= 4 is 31.5 Å². The number of sulfone groups is 1. The maximum atomic E-state index is 11.3. The lowest BCUT2D eigenvalue weighted by Gasteiger charge is -2.15. The van der Waals surface area contributed by atoms with Crippen molar-refractivity contribution in [3.05, 3.63) is 22.9 Å². The van der Waals surface area contributed by atoms with Crippen molar-refractivity contribution in [1.29, 1.82) is 0 Å². The summed E-state index contributed by atoms with van der Waals surface area (Å²) in [7, 11) is -2.90. The Morgan fingerprint density at radius 2 is 2.18 bits per heavy atom. The van der Waals surface area contributed by atoms with Gasteiger partial charge in [0.05, 0.1) is 17.6 Å². The maximum Gasteiger partial charge on any atom is 0.148 e. The van der Waals surface area contributed by atoms with Crippen LogP contribution < -0.4 is 5.32 Å². The van der Waals surface area contributed by atoms with Crippen LogP contribution in [0.3, 0.4) is 0 Å². The van der Waals surface area contributed by atoms with E-state index in [4.69, 9.17) is 0 Å². The van der Waals surface area contributed by atoms with E-state index in [9.17, 15) is 8.42 Å². The first-order valence-corrected chi connectivity index (χ1v) is 8.26. The molecule has 0 unspecified atom stereocenters. The van der Waals surface area contributed by atoms with Gasteiger partial charge in [0.15, 0.2) is 0 Å². The van der Waals surface area contributed by atoms with Gasteiger partial charge in [0.1, 0.15) is 9.84 Å². The molecule has 0 radical (unpaired) electrons. The molecule has 1 aliphatic rings. The zero-order valence-corrected chi connectivity index (χ0v) is 12.0. The summed E-state index contributed by atoms with van der Waals surface area (Å²) >= 11 is 3.35. The SMILES string of the molecule is CS(=O)(=O)CC1(CNc2cncc(Br)c2)CC1. The lowest BCUT2D eigenvalue weighted by molar-refractivity contribution is 0.561. The molecule has 1 aliphatic carbocycles. The van der Waals surface area contributed by atoms with E-state index in [2.05, 4.69) is 26.2 Å². The molecule has 1 saturated carbocycles. The highest BCUT2D eigenvalue weighted by molar-refractivity contribution is 9.10. The van der Waals surface area contributed by atoms with Crippen LogP contribution in [0.4, 0.5) is 5.69 Å². The van der Waals surface area contributed by atoms with Gasteiger partial charge in [-0.3, -0.25) is 4.98 Å². The van der Waals surface area contributed by atoms with E-state index >= 15 is 0 Å². The van der Waals surface area contributed by atoms with E-state index in [-0.39, 0.29) is 11.2 Å². The fourth-order valence-electron chi connectivity index (χ4n) is 1.90. The fourth-order valence-corrected chi connectivity index (χ4v) is 3.77. The summed E-state index contributed by atoms with van der Waals surface area (Å²) in [6.07, 6.45) is 6.71. The Morgan fingerprint density at radius 1 is 1.47 bits per heavy atom. The third-order valence-electron chi connectivity index (χ3n) is 2.90. The van der Waals surface area contributed by atoms with Crippen molar-refractivity contribution in [2.24, 2.45) is 5.41 Å². The molecule has 1 aromatic rings. The Balaban J connectivity index is 1.95. The van der Waals surface area contributed by atoms with E-state index in [0.29, 0.717) is 6.54 Å². The van der Waals surface area contributed by atoms with E-state index in [1.807, 2.05) is 6.07 Å². The van der Waals surface area contributed by atoms with Gasteiger partial charge in [0.25, 0.3) is 0 Å². The lowest BCUT2D eigenvalue weighted by Crippen LogP contribution is -2.24. The molecule has 0 atom stereocenters. The molecule has 6 heteroatoms. The number of nitrogens with one attached hydrogen (secondary N) is 1. The number of halogens is 1. The second-order valence-corrected chi connectivity index (χ2v) is 7.87. The molecule has 4 nitrogen and oxygen atoms in total. The van der Waals surface area contributed by atoms with Crippen molar-refractivity contribution in [1.82, 2.24) is 4.98 Å². The summed E-state index contributed by atoms with van der Waals surface area (Å²) in [5, 5.41) is 3.25. The highest BCUT2D eigenvalue weighted by Crippen LogP contribution is 2.46. The molecule has 94 valence electrons. The van der Waals surface area contributed by atoms with E-state index in [1.54, 1.807) is 12.4 Å². The minimum absolute atomic E-state index is 0.0596. The van der Waals surface area contributed by atoms with Gasteiger partial charge in [-0.05, 0) is 34.8 Å². The molecular formula is C11H15BrN2O2S. The van der Waals surface area contributed by atoms with Gasteiger partial charge >= 0.3 is 0 Å². The minimum atomic E-state index is -2.90. The van der Waals surface area contributed by atoms with Gasteiger partial charge < -0.3 is 5.32 Å². The molecule has 17 heavy (non-hydrogen) atoms. The standard InChI is InChI=1S/C11H15BrN2O2S/c1-17(15,16)8-11(2-3-11)7-14-10-4-9(12)5-13-6-10/h4-6,14H,2-3,7-8H2,1H3. The van der Waals surface area contributed by atoms with Crippen LogP contribution in [0.15, 0.2) is 22.9 Å². The maximum absolute atomic E-state index is 11.3. The zero-order valence-electron chi connectivity index (χ0n) is 9.61. The number of hydrogen-bond donors (Lipinski definition) is 1. The topological polar surface area (TPSA) is 59.1 Å². The largest absolute Gasteiger partial charge is 0.383 e. The molecule has 0 amide bonds. The van der Waals surface area contributed by atoms with Gasteiger partial charge in [0, 0.05) is 28.9 Å². The first kappa shape index (κ1) is 12.8. The van der Waals surface area contributed by atoms with Crippen LogP contribution in [0, 0.1) is 5.41 Å². The van der Waals surface area contributed by atoms with Crippen molar-refractivity contribution in [3.63, 3.8) is 0 Å². The Kier molecular flexibility index (Phi) is 3.45. The number of rotatable bonds is 5. The quantitative estimate of drug-likeness (QED) is 0.903. The summed E-state index contributed by atoms with van der Waals surface area (Å²) < 4.78 is 23.5. The molecule has 0 spiro atoms. The molecule has 0 saturated heterocycles. The van der Waals surface area contributed by atoms with Crippen LogP contribution >= 0.6 is 15.9 Å². The predicted molar refractivity (Wildman–Crippen MR) is 71.8 cm³/mol. The predicted octanol–water partition coefficient (Wildman–Crippen LogP) is 2.08. The van der Waals surface area contributed by atoms with Gasteiger partial charge in [0.2, 0.25) is 0 Å². The average molecular weight is 319 g/mol. The number of aromatic nitrogens is 1. The Bertz CT molecular complexity index is 512. The van der Waals surface area contributed by atoms with E-state index < -0.39 is 9.84 Å². The van der Waals surface area contributed by atoms with Gasteiger partial charge in [-0.25, -0.2) is 8.42 Å². The number of hydrogen-bond acceptors (Lipinski definition) is 4. The Labute approximate surface area is 110 Å². The number of nitrogens with zero attached hydrogens (tertiary/aromatic N) is 1. The Hall–Kier alpha value is -0.620. The smallest absolute Gasteiger partial charge is 0.148 e. The fraction of sp³-hybridized carbons (Fsp3) is 0.545. The first-order chi connectivity index (χ1) is 7.89. The minimum Gasteiger partial charge on any atom is -0.383 e. The van der Waals surface area contributed by atoms with Crippen molar-refractivity contribution < 1.29 is 8.42 Å². The van der Waals surface area contributed by atoms with Crippen molar-refractivity contribution in [3.8, 4) is 0 Å². The van der Waals surface area contributed by atoms with Crippen LogP contribution in [0.25, 0.3) is 0 Å². The molecule has 0 bridgehead atoms. The molecule has 2 rings (SSSR count). The second kappa shape index (κ2) is 4.57. The normalized spacial score (nSPS) is 17.8. The van der Waals surface area contributed by atoms with Crippen molar-refractivity contribution in [2.45, 2.75) is 12.8 Å². The van der Waals surface area contributed by atoms with Gasteiger partial charge in [-0.2, -0.15) is 0 Å². The third kappa shape index (κ3) is 3.96. The number of anilines is 1.